The number of carbonyl (C=O) groups is 5. The lowest BCUT2D eigenvalue weighted by Crippen LogP contribution is -2.53. The third-order valence-corrected chi connectivity index (χ3v) is 13.9. The molecular formula is C49H64N12O5S. The number of anilines is 2. The number of nitrogens with two attached hydrogens (primary N) is 1. The molecule has 0 radical (unpaired) electrons. The van der Waals surface area contributed by atoms with Crippen LogP contribution in [0.25, 0.3) is 0 Å². The van der Waals surface area contributed by atoms with Gasteiger partial charge >= 0.3 is 0 Å². The van der Waals surface area contributed by atoms with Crippen LogP contribution in [0.4, 0.5) is 11.5 Å². The molecule has 4 aliphatic heterocycles. The van der Waals surface area contributed by atoms with Gasteiger partial charge in [-0.1, -0.05) is 55.6 Å². The van der Waals surface area contributed by atoms with Gasteiger partial charge in [0, 0.05) is 86.4 Å². The SMILES string of the molecule is C[C@@H]1CN(CCCCCCCCC(=O)Nc2cccc(Sc3cnc(N4CCC(C)(N)CC4)cn3)c2)CCN1C(=N)/C=C\C(=N)C(=O)NCc1ccc2c(c1)CN(C1CCC(=O)NC1=O)C2=O. The van der Waals surface area contributed by atoms with Crippen LogP contribution in [0.2, 0.25) is 0 Å². The predicted octanol–water partition coefficient (Wildman–Crippen LogP) is 5.25. The predicted molar refractivity (Wildman–Crippen MR) is 259 cm³/mol. The summed E-state index contributed by atoms with van der Waals surface area (Å²) in [6, 6.07) is 12.5. The lowest BCUT2D eigenvalue weighted by molar-refractivity contribution is -0.137. The maximum Gasteiger partial charge on any atom is 0.269 e. The zero-order valence-electron chi connectivity index (χ0n) is 38.7. The maximum absolute atomic E-state index is 13.0. The van der Waals surface area contributed by atoms with E-state index in [1.165, 1.54) is 28.8 Å². The Hall–Kier alpha value is -5.98. The highest BCUT2D eigenvalue weighted by molar-refractivity contribution is 7.99. The van der Waals surface area contributed by atoms with E-state index in [0.29, 0.717) is 18.5 Å². The van der Waals surface area contributed by atoms with Crippen LogP contribution in [0.3, 0.4) is 0 Å². The molecule has 67 heavy (non-hydrogen) atoms. The van der Waals surface area contributed by atoms with Crippen molar-refractivity contribution in [2.75, 3.05) is 49.5 Å². The second kappa shape index (κ2) is 22.7. The fourth-order valence-corrected chi connectivity index (χ4v) is 9.81. The largest absolute Gasteiger partial charge is 0.355 e. The van der Waals surface area contributed by atoms with Gasteiger partial charge in [-0.3, -0.25) is 45.0 Å². The molecule has 0 saturated carbocycles. The van der Waals surface area contributed by atoms with Gasteiger partial charge in [0.1, 0.15) is 28.4 Å². The van der Waals surface area contributed by atoms with E-state index in [1.54, 1.807) is 18.3 Å². The zero-order valence-corrected chi connectivity index (χ0v) is 39.5. The molecule has 7 rings (SSSR count). The summed E-state index contributed by atoms with van der Waals surface area (Å²) in [4.78, 5) is 80.8. The van der Waals surface area contributed by atoms with E-state index in [0.717, 1.165) is 117 Å². The topological polar surface area (TPSA) is 234 Å². The summed E-state index contributed by atoms with van der Waals surface area (Å²) in [5, 5.41) is 25.8. The van der Waals surface area contributed by atoms with Gasteiger partial charge in [-0.05, 0) is 100 Å². The van der Waals surface area contributed by atoms with Gasteiger partial charge in [0.2, 0.25) is 17.7 Å². The molecule has 3 aromatic rings. The Kier molecular flexibility index (Phi) is 16.6. The van der Waals surface area contributed by atoms with Crippen molar-refractivity contribution in [3.63, 3.8) is 0 Å². The number of benzene rings is 2. The first kappa shape index (κ1) is 48.9. The summed E-state index contributed by atoms with van der Waals surface area (Å²) < 4.78 is 0. The van der Waals surface area contributed by atoms with Crippen LogP contribution in [0, 0.1) is 10.8 Å². The van der Waals surface area contributed by atoms with Crippen LogP contribution in [-0.2, 0) is 32.3 Å². The van der Waals surface area contributed by atoms with E-state index in [1.807, 2.05) is 41.4 Å². The Labute approximate surface area is 397 Å². The average Bonchev–Trinajstić information content (AvgIpc) is 3.63. The molecule has 0 aliphatic carbocycles. The van der Waals surface area contributed by atoms with Gasteiger partial charge in [0.05, 0.1) is 12.4 Å². The van der Waals surface area contributed by atoms with Crippen molar-refractivity contribution in [1.82, 2.24) is 35.3 Å². The van der Waals surface area contributed by atoms with Gasteiger partial charge in [-0.25, -0.2) is 9.97 Å². The first-order valence-corrected chi connectivity index (χ1v) is 24.4. The number of unbranched alkanes of at least 4 members (excludes halogenated alkanes) is 5. The molecule has 356 valence electrons. The second-order valence-electron chi connectivity index (χ2n) is 18.5. The molecule has 17 nitrogen and oxygen atoms in total. The molecule has 18 heteroatoms. The molecule has 5 heterocycles. The minimum absolute atomic E-state index is 0.0227. The van der Waals surface area contributed by atoms with Crippen molar-refractivity contribution in [2.24, 2.45) is 5.73 Å². The van der Waals surface area contributed by atoms with Crippen molar-refractivity contribution in [3.8, 4) is 0 Å². The Morgan fingerprint density at radius 1 is 0.955 bits per heavy atom. The van der Waals surface area contributed by atoms with E-state index in [-0.39, 0.29) is 66.8 Å². The number of piperazine rings is 1. The van der Waals surface area contributed by atoms with Crippen molar-refractivity contribution in [3.05, 3.63) is 83.7 Å². The molecule has 1 aromatic heterocycles. The van der Waals surface area contributed by atoms with Crippen molar-refractivity contribution in [2.45, 2.75) is 125 Å². The highest BCUT2D eigenvalue weighted by atomic mass is 32.2. The van der Waals surface area contributed by atoms with Gasteiger partial charge in [-0.2, -0.15) is 0 Å². The van der Waals surface area contributed by atoms with Gasteiger partial charge < -0.3 is 31.1 Å². The van der Waals surface area contributed by atoms with E-state index in [2.05, 4.69) is 49.6 Å². The summed E-state index contributed by atoms with van der Waals surface area (Å²) in [6.07, 6.45) is 15.6. The molecular weight excluding hydrogens is 869 g/mol. The number of aromatic nitrogens is 2. The molecule has 4 aliphatic rings. The highest BCUT2D eigenvalue weighted by Gasteiger charge is 2.39. The molecule has 0 bridgehead atoms. The molecule has 2 aromatic carbocycles. The summed E-state index contributed by atoms with van der Waals surface area (Å²) in [6.45, 7) is 9.68. The van der Waals surface area contributed by atoms with Crippen molar-refractivity contribution in [1.29, 1.82) is 10.8 Å². The third-order valence-electron chi connectivity index (χ3n) is 13.0. The quantitative estimate of drug-likeness (QED) is 0.0392. The number of amides is 5. The number of imide groups is 1. The number of hydrogen-bond donors (Lipinski definition) is 6. The molecule has 0 spiro atoms. The van der Waals surface area contributed by atoms with Crippen LogP contribution < -0.4 is 26.6 Å². The first-order valence-electron chi connectivity index (χ1n) is 23.5. The Balaban J connectivity index is 0.721. The van der Waals surface area contributed by atoms with Crippen LogP contribution in [0.15, 0.2) is 76.9 Å². The summed E-state index contributed by atoms with van der Waals surface area (Å²) in [5.74, 6) is -0.489. The summed E-state index contributed by atoms with van der Waals surface area (Å²) in [5.41, 5.74) is 8.65. The molecule has 2 atom stereocenters. The molecule has 3 fully saturated rings. The molecule has 3 saturated heterocycles. The average molecular weight is 933 g/mol. The Bertz CT molecular complexity index is 2350. The highest BCUT2D eigenvalue weighted by Crippen LogP contribution is 2.30. The number of carbonyl (C=O) groups excluding carboxylic acids is 5. The number of piperidine rings is 2. The van der Waals surface area contributed by atoms with Gasteiger partial charge in [0.15, 0.2) is 0 Å². The summed E-state index contributed by atoms with van der Waals surface area (Å²) >= 11 is 1.52. The van der Waals surface area contributed by atoms with Gasteiger partial charge in [0.25, 0.3) is 11.8 Å². The fourth-order valence-electron chi connectivity index (χ4n) is 9.02. The van der Waals surface area contributed by atoms with Crippen LogP contribution in [-0.4, -0.2) is 123 Å². The number of rotatable bonds is 19. The van der Waals surface area contributed by atoms with Crippen LogP contribution in [0.5, 0.6) is 0 Å². The van der Waals surface area contributed by atoms with Crippen molar-refractivity contribution >= 4 is 64.4 Å². The van der Waals surface area contributed by atoms with E-state index in [4.69, 9.17) is 16.6 Å². The van der Waals surface area contributed by atoms with E-state index in [9.17, 15) is 24.0 Å². The number of nitrogens with zero attached hydrogens (tertiary/aromatic N) is 6. The summed E-state index contributed by atoms with van der Waals surface area (Å²) in [7, 11) is 0. The van der Waals surface area contributed by atoms with Crippen LogP contribution >= 0.6 is 11.8 Å². The molecule has 1 unspecified atom stereocenters. The second-order valence-corrected chi connectivity index (χ2v) is 19.5. The first-order chi connectivity index (χ1) is 32.2. The lowest BCUT2D eigenvalue weighted by Gasteiger charge is -2.40. The Morgan fingerprint density at radius 3 is 2.48 bits per heavy atom. The standard InChI is InChI=1S/C49H64N12O5S/c1-33-31-58(21-8-6-4-3-5-7-12-43(62)56-36-10-9-11-37(27-36)67-45-30-53-42(29-54-45)59-22-19-49(2,52)20-23-59)24-25-60(33)41(51)17-15-39(50)46(64)55-28-34-13-14-38-35(26-34)32-61(48(38)66)40-16-18-44(63)57-47(40)65/h9-11,13-15,17,26-27,29-30,33,40,50-51H,3-8,12,16,18-25,28,31-32,52H2,1-2H3,(H,55,64)(H,56,62)(H,57,63,65)/b17-15-,50-39?,51-41?/t33-,40?/m1/s1. The van der Waals surface area contributed by atoms with E-state index >= 15 is 0 Å². The normalized spacial score (nSPS) is 19.6. The monoisotopic (exact) mass is 932 g/mol. The van der Waals surface area contributed by atoms with E-state index < -0.39 is 17.9 Å². The Morgan fingerprint density at radius 2 is 1.73 bits per heavy atom. The maximum atomic E-state index is 13.0. The minimum Gasteiger partial charge on any atom is -0.355 e. The number of amidine groups is 1. The van der Waals surface area contributed by atoms with Crippen LogP contribution in [0.1, 0.15) is 106 Å². The number of fused-ring (bicyclic) bond motifs is 1. The zero-order chi connectivity index (χ0) is 47.5. The number of hydrogen-bond acceptors (Lipinski definition) is 13. The lowest BCUT2D eigenvalue weighted by atomic mass is 9.91. The third kappa shape index (κ3) is 13.6. The van der Waals surface area contributed by atoms with Crippen molar-refractivity contribution < 1.29 is 24.0 Å². The van der Waals surface area contributed by atoms with Gasteiger partial charge in [-0.15, -0.1) is 0 Å². The molecule has 7 N–H and O–H groups in total. The minimum atomic E-state index is -0.698. The number of nitrogens with one attached hydrogen (secondary N) is 5. The smallest absolute Gasteiger partial charge is 0.269 e. The fraction of sp³-hybridized carbons (Fsp3) is 0.490. The molecule has 5 amide bonds.